The summed E-state index contributed by atoms with van der Waals surface area (Å²) in [4.78, 5) is 28.5. The minimum absolute atomic E-state index is 0.0452. The number of hydrogen-bond donors (Lipinski definition) is 1. The lowest BCUT2D eigenvalue weighted by molar-refractivity contribution is -0.158. The highest BCUT2D eigenvalue weighted by molar-refractivity contribution is 6.45. The van der Waals surface area contributed by atoms with Gasteiger partial charge in [0.2, 0.25) is 0 Å². The van der Waals surface area contributed by atoms with Crippen LogP contribution in [0.5, 0.6) is 5.75 Å². The summed E-state index contributed by atoms with van der Waals surface area (Å²) in [6.07, 6.45) is 6.02. The molecule has 1 atom stereocenters. The molecule has 1 saturated heterocycles. The Morgan fingerprint density at radius 3 is 2.65 bits per heavy atom. The highest BCUT2D eigenvalue weighted by Gasteiger charge is 2.23. The molecule has 40 heavy (non-hydrogen) atoms. The number of dihydropyridines is 1. The first-order valence-corrected chi connectivity index (χ1v) is 14.1. The van der Waals surface area contributed by atoms with Gasteiger partial charge in [0.25, 0.3) is 5.91 Å². The number of alkyl halides is 2. The lowest BCUT2D eigenvalue weighted by atomic mass is 9.90. The van der Waals surface area contributed by atoms with Crippen molar-refractivity contribution < 1.29 is 18.3 Å². The molecule has 4 rings (SSSR count). The smallest absolute Gasteiger partial charge is 0.394 e. The molecule has 0 aliphatic carbocycles. The Morgan fingerprint density at radius 1 is 1.20 bits per heavy atom. The van der Waals surface area contributed by atoms with Gasteiger partial charge in [-0.3, -0.25) is 9.79 Å². The molecule has 1 fully saturated rings. The summed E-state index contributed by atoms with van der Waals surface area (Å²) in [6.45, 7) is 9.48. The van der Waals surface area contributed by atoms with Crippen LogP contribution in [-0.2, 0) is 11.2 Å². The van der Waals surface area contributed by atoms with Gasteiger partial charge < -0.3 is 15.0 Å². The molecule has 2 aliphatic heterocycles. The second-order valence-corrected chi connectivity index (χ2v) is 10.7. The Kier molecular flexibility index (Phi) is 10.1. The first kappa shape index (κ1) is 29.5. The molecule has 1 N–H and O–H groups in total. The zero-order chi connectivity index (χ0) is 28.5. The number of carbonyl (C=O) groups is 1. The molecule has 3 heterocycles. The van der Waals surface area contributed by atoms with Crippen LogP contribution in [0.15, 0.2) is 64.2 Å². The van der Waals surface area contributed by atoms with Crippen molar-refractivity contribution in [2.75, 3.05) is 38.0 Å². The fourth-order valence-corrected chi connectivity index (χ4v) is 5.02. The van der Waals surface area contributed by atoms with Crippen molar-refractivity contribution in [1.82, 2.24) is 9.88 Å². The summed E-state index contributed by atoms with van der Waals surface area (Å²) in [5.41, 5.74) is 3.81. The largest absolute Gasteiger partial charge is 0.433 e. The number of ether oxygens (including phenoxy) is 1. The van der Waals surface area contributed by atoms with E-state index >= 15 is 0 Å². The number of pyridine rings is 1. The van der Waals surface area contributed by atoms with E-state index < -0.39 is 12.0 Å². The number of rotatable bonds is 12. The number of anilines is 1. The van der Waals surface area contributed by atoms with Crippen LogP contribution in [0.2, 0.25) is 0 Å². The normalized spacial score (nSPS) is 18.3. The summed E-state index contributed by atoms with van der Waals surface area (Å²) in [5, 5.41) is 3.46. The van der Waals surface area contributed by atoms with Crippen LogP contribution in [0.1, 0.15) is 57.6 Å². The van der Waals surface area contributed by atoms with Gasteiger partial charge in [-0.1, -0.05) is 5.57 Å². The lowest BCUT2D eigenvalue weighted by Crippen LogP contribution is -2.22. The fourth-order valence-electron chi connectivity index (χ4n) is 5.02. The van der Waals surface area contributed by atoms with E-state index in [4.69, 9.17) is 0 Å². The van der Waals surface area contributed by atoms with Crippen LogP contribution in [-0.4, -0.2) is 66.0 Å². The molecular weight excluding hydrogens is 512 g/mol. The number of aliphatic imine (C=N–C) groups is 2. The Bertz CT molecular complexity index is 1250. The molecule has 0 bridgehead atoms. The van der Waals surface area contributed by atoms with Crippen molar-refractivity contribution in [3.63, 3.8) is 0 Å². The Balaban J connectivity index is 1.25. The van der Waals surface area contributed by atoms with E-state index in [1.54, 1.807) is 19.1 Å². The van der Waals surface area contributed by atoms with Crippen molar-refractivity contribution in [1.29, 1.82) is 0 Å². The van der Waals surface area contributed by atoms with Gasteiger partial charge in [0, 0.05) is 31.9 Å². The maximum atomic E-state index is 13.0. The standard InChI is InChI=1S/C31H39F2N5O2/c1-22-19-28(30(39)37-23(2)25-9-11-27(12-10-25)40-31(3,32)33)36-21-26(22)8-7-24-13-15-35-29(20-24)34-14-6-18-38-16-4-5-17-38/h9-13,15,19-20,26H,4-8,14,16-18,21H2,1-3H3,(H,34,35). The van der Waals surface area contributed by atoms with Gasteiger partial charge in [0.05, 0.1) is 0 Å². The molecule has 7 nitrogen and oxygen atoms in total. The average molecular weight is 552 g/mol. The molecule has 1 aromatic carbocycles. The van der Waals surface area contributed by atoms with E-state index in [9.17, 15) is 13.6 Å². The maximum Gasteiger partial charge on any atom is 0.394 e. The minimum atomic E-state index is -3.26. The number of carbonyl (C=O) groups excluding carboxylic acids is 1. The topological polar surface area (TPSA) is 79.2 Å². The third kappa shape index (κ3) is 9.05. The summed E-state index contributed by atoms with van der Waals surface area (Å²) in [7, 11) is 0. The molecule has 1 amide bonds. The number of hydrogen-bond acceptors (Lipinski definition) is 6. The highest BCUT2D eigenvalue weighted by Crippen LogP contribution is 2.24. The first-order valence-electron chi connectivity index (χ1n) is 14.1. The van der Waals surface area contributed by atoms with Crippen LogP contribution in [0, 0.1) is 5.92 Å². The van der Waals surface area contributed by atoms with E-state index in [1.807, 2.05) is 19.2 Å². The van der Waals surface area contributed by atoms with Gasteiger partial charge in [-0.2, -0.15) is 8.78 Å². The van der Waals surface area contributed by atoms with Crippen LogP contribution < -0.4 is 10.1 Å². The Morgan fingerprint density at radius 2 is 1.95 bits per heavy atom. The summed E-state index contributed by atoms with van der Waals surface area (Å²) in [5.74, 6) is 0.810. The third-order valence-corrected chi connectivity index (χ3v) is 7.31. The monoisotopic (exact) mass is 551 g/mol. The van der Waals surface area contributed by atoms with Crippen LogP contribution >= 0.6 is 0 Å². The first-order chi connectivity index (χ1) is 19.2. The number of nitrogens with one attached hydrogen (secondary N) is 1. The second-order valence-electron chi connectivity index (χ2n) is 10.7. The fraction of sp³-hybridized carbons (Fsp3) is 0.484. The molecule has 1 unspecified atom stereocenters. The molecule has 9 heteroatoms. The summed E-state index contributed by atoms with van der Waals surface area (Å²) < 4.78 is 30.6. The van der Waals surface area contributed by atoms with Crippen LogP contribution in [0.4, 0.5) is 14.6 Å². The number of benzene rings is 1. The van der Waals surface area contributed by atoms with Crippen molar-refractivity contribution in [3.8, 4) is 5.75 Å². The quantitative estimate of drug-likeness (QED) is 0.260. The molecule has 1 aromatic heterocycles. The summed E-state index contributed by atoms with van der Waals surface area (Å²) in [6, 6.07) is 10.2. The van der Waals surface area contributed by atoms with E-state index in [2.05, 4.69) is 42.1 Å². The molecular formula is C31H39F2N5O2. The van der Waals surface area contributed by atoms with Gasteiger partial charge in [0.15, 0.2) is 0 Å². The maximum absolute atomic E-state index is 13.0. The van der Waals surface area contributed by atoms with Crippen molar-refractivity contribution in [3.05, 3.63) is 65.4 Å². The van der Waals surface area contributed by atoms with Crippen molar-refractivity contribution >= 4 is 23.1 Å². The summed E-state index contributed by atoms with van der Waals surface area (Å²) >= 11 is 0. The van der Waals surface area contributed by atoms with Gasteiger partial charge >= 0.3 is 6.11 Å². The number of likely N-dealkylation sites (tertiary alicyclic amines) is 1. The number of aryl methyl sites for hydroxylation is 1. The number of amides is 1. The van der Waals surface area contributed by atoms with Crippen molar-refractivity contribution in [2.24, 2.45) is 15.9 Å². The number of aromatic nitrogens is 1. The Labute approximate surface area is 235 Å². The molecule has 2 aromatic rings. The molecule has 0 saturated carbocycles. The van der Waals surface area contributed by atoms with Crippen LogP contribution in [0.25, 0.3) is 0 Å². The number of nitrogens with zero attached hydrogens (tertiary/aromatic N) is 4. The SMILES string of the molecule is CC1=CC(C(=O)N=C(C)c2ccc(OC(C)(F)F)cc2)=NCC1CCc1ccnc(NCCCN2CCCC2)c1. The molecule has 214 valence electrons. The van der Waals surface area contributed by atoms with E-state index in [-0.39, 0.29) is 11.7 Å². The average Bonchev–Trinajstić information content (AvgIpc) is 3.44. The van der Waals surface area contributed by atoms with E-state index in [0.717, 1.165) is 43.7 Å². The van der Waals surface area contributed by atoms with Crippen molar-refractivity contribution in [2.45, 2.75) is 59.0 Å². The second kappa shape index (κ2) is 13.7. The molecule has 0 spiro atoms. The van der Waals surface area contributed by atoms with E-state index in [0.29, 0.717) is 30.5 Å². The van der Waals surface area contributed by atoms with Gasteiger partial charge in [-0.15, -0.1) is 0 Å². The zero-order valence-corrected chi connectivity index (χ0v) is 23.6. The lowest BCUT2D eigenvalue weighted by Gasteiger charge is -2.20. The third-order valence-electron chi connectivity index (χ3n) is 7.31. The minimum Gasteiger partial charge on any atom is -0.433 e. The molecule has 2 aliphatic rings. The van der Waals surface area contributed by atoms with E-state index in [1.165, 1.54) is 43.6 Å². The number of halogens is 2. The Hall–Kier alpha value is -3.46. The van der Waals surface area contributed by atoms with Gasteiger partial charge in [-0.05, 0) is 125 Å². The molecule has 0 radical (unpaired) electrons. The van der Waals surface area contributed by atoms with Gasteiger partial charge in [0.1, 0.15) is 17.3 Å². The zero-order valence-electron chi connectivity index (χ0n) is 23.6. The predicted octanol–water partition coefficient (Wildman–Crippen LogP) is 5.96. The predicted molar refractivity (Wildman–Crippen MR) is 156 cm³/mol. The van der Waals surface area contributed by atoms with Crippen LogP contribution in [0.3, 0.4) is 0 Å². The highest BCUT2D eigenvalue weighted by atomic mass is 19.3. The van der Waals surface area contributed by atoms with Gasteiger partial charge in [-0.25, -0.2) is 9.98 Å².